The molecule has 2 aromatic rings. The third kappa shape index (κ3) is 5.62. The average Bonchev–Trinajstić information content (AvgIpc) is 2.68. The summed E-state index contributed by atoms with van der Waals surface area (Å²) in [4.78, 5) is 29.0. The number of thiocarbonyl (C=S) groups is 1. The number of aromatic nitrogens is 2. The monoisotopic (exact) mass is 421 g/mol. The van der Waals surface area contributed by atoms with Crippen molar-refractivity contribution in [3.8, 4) is 0 Å². The third-order valence-corrected chi connectivity index (χ3v) is 5.22. The summed E-state index contributed by atoms with van der Waals surface area (Å²) in [6.45, 7) is 3.49. The van der Waals surface area contributed by atoms with Crippen LogP contribution in [0, 0.1) is 0 Å². The van der Waals surface area contributed by atoms with Crippen molar-refractivity contribution in [3.63, 3.8) is 0 Å². The molecule has 1 heterocycles. The molecule has 0 aliphatic rings. The molecule has 4 N–H and O–H groups in total. The van der Waals surface area contributed by atoms with Crippen molar-refractivity contribution in [3.05, 3.63) is 56.7 Å². The van der Waals surface area contributed by atoms with Gasteiger partial charge in [-0.05, 0) is 42.6 Å². The van der Waals surface area contributed by atoms with Crippen molar-refractivity contribution in [2.24, 2.45) is 0 Å². The molecular weight excluding hydrogens is 394 g/mol. The van der Waals surface area contributed by atoms with Gasteiger partial charge in [0, 0.05) is 13.1 Å². The SMILES string of the molecule is CCCN(C(=S)NCCCSC)c1c(N)n(Cc2ccccc2)c(=O)[nH]c1=O. The van der Waals surface area contributed by atoms with Gasteiger partial charge in [0.1, 0.15) is 5.82 Å². The molecule has 28 heavy (non-hydrogen) atoms. The fourth-order valence-electron chi connectivity index (χ4n) is 2.81. The van der Waals surface area contributed by atoms with E-state index in [9.17, 15) is 9.59 Å². The van der Waals surface area contributed by atoms with E-state index in [1.165, 1.54) is 4.57 Å². The van der Waals surface area contributed by atoms with Crippen LogP contribution in [-0.4, -0.2) is 39.8 Å². The van der Waals surface area contributed by atoms with Gasteiger partial charge in [0.2, 0.25) is 0 Å². The first-order valence-electron chi connectivity index (χ1n) is 9.20. The van der Waals surface area contributed by atoms with Gasteiger partial charge in [-0.1, -0.05) is 37.3 Å². The van der Waals surface area contributed by atoms with Gasteiger partial charge in [0.15, 0.2) is 10.8 Å². The van der Waals surface area contributed by atoms with Crippen LogP contribution in [0.1, 0.15) is 25.3 Å². The molecule has 0 spiro atoms. The Balaban J connectivity index is 2.37. The van der Waals surface area contributed by atoms with Crippen molar-refractivity contribution < 1.29 is 0 Å². The number of nitrogens with two attached hydrogens (primary N) is 1. The van der Waals surface area contributed by atoms with Gasteiger partial charge in [0.05, 0.1) is 6.54 Å². The Kier molecular flexibility index (Phi) is 8.59. The zero-order valence-electron chi connectivity index (χ0n) is 16.2. The topological polar surface area (TPSA) is 96.2 Å². The van der Waals surface area contributed by atoms with E-state index in [2.05, 4.69) is 16.6 Å². The highest BCUT2D eigenvalue weighted by molar-refractivity contribution is 7.98. The minimum atomic E-state index is -0.537. The Morgan fingerprint density at radius 2 is 2.04 bits per heavy atom. The van der Waals surface area contributed by atoms with Crippen LogP contribution in [0.2, 0.25) is 0 Å². The highest BCUT2D eigenvalue weighted by Gasteiger charge is 2.21. The van der Waals surface area contributed by atoms with E-state index in [1.807, 2.05) is 37.3 Å². The molecule has 9 heteroatoms. The van der Waals surface area contributed by atoms with Gasteiger partial charge in [-0.25, -0.2) is 4.79 Å². The van der Waals surface area contributed by atoms with E-state index in [4.69, 9.17) is 18.0 Å². The van der Waals surface area contributed by atoms with Crippen molar-refractivity contribution in [1.82, 2.24) is 14.9 Å². The average molecular weight is 422 g/mol. The maximum Gasteiger partial charge on any atom is 0.330 e. The second kappa shape index (κ2) is 10.9. The Morgan fingerprint density at radius 1 is 1.32 bits per heavy atom. The zero-order chi connectivity index (χ0) is 20.5. The number of benzene rings is 1. The smallest absolute Gasteiger partial charge is 0.330 e. The summed E-state index contributed by atoms with van der Waals surface area (Å²) in [6.07, 6.45) is 3.78. The van der Waals surface area contributed by atoms with Crippen molar-refractivity contribution in [1.29, 1.82) is 0 Å². The van der Waals surface area contributed by atoms with Crippen LogP contribution in [0.4, 0.5) is 11.5 Å². The minimum absolute atomic E-state index is 0.110. The Bertz CT molecular complexity index is 895. The predicted molar refractivity (Wildman–Crippen MR) is 123 cm³/mol. The van der Waals surface area contributed by atoms with Crippen molar-refractivity contribution >= 4 is 40.6 Å². The maximum absolute atomic E-state index is 12.6. The van der Waals surface area contributed by atoms with E-state index >= 15 is 0 Å². The molecule has 0 atom stereocenters. The molecule has 2 rings (SSSR count). The van der Waals surface area contributed by atoms with E-state index in [-0.39, 0.29) is 18.1 Å². The van der Waals surface area contributed by atoms with Gasteiger partial charge in [0.25, 0.3) is 5.56 Å². The fourth-order valence-corrected chi connectivity index (χ4v) is 3.52. The van der Waals surface area contributed by atoms with Gasteiger partial charge >= 0.3 is 5.69 Å². The van der Waals surface area contributed by atoms with E-state index in [0.717, 1.165) is 24.2 Å². The third-order valence-electron chi connectivity index (χ3n) is 4.16. The number of nitrogens with zero attached hydrogens (tertiary/aromatic N) is 2. The molecule has 0 aliphatic carbocycles. The summed E-state index contributed by atoms with van der Waals surface area (Å²) in [5.41, 5.74) is 6.34. The maximum atomic E-state index is 12.6. The first-order chi connectivity index (χ1) is 13.5. The minimum Gasteiger partial charge on any atom is -0.383 e. The van der Waals surface area contributed by atoms with Crippen LogP contribution in [0.15, 0.2) is 39.9 Å². The summed E-state index contributed by atoms with van der Waals surface area (Å²) >= 11 is 7.28. The number of hydrogen-bond donors (Lipinski definition) is 3. The molecule has 1 aromatic carbocycles. The van der Waals surface area contributed by atoms with Crippen molar-refractivity contribution in [2.75, 3.05) is 35.7 Å². The molecular formula is C19H27N5O2S2. The van der Waals surface area contributed by atoms with Gasteiger partial charge < -0.3 is 16.0 Å². The first-order valence-corrected chi connectivity index (χ1v) is 11.0. The molecule has 0 radical (unpaired) electrons. The number of thioether (sulfide) groups is 1. The predicted octanol–water partition coefficient (Wildman–Crippen LogP) is 2.01. The summed E-state index contributed by atoms with van der Waals surface area (Å²) < 4.78 is 1.37. The number of nitrogens with one attached hydrogen (secondary N) is 2. The lowest BCUT2D eigenvalue weighted by Gasteiger charge is -2.26. The van der Waals surface area contributed by atoms with Gasteiger partial charge in [-0.15, -0.1) is 0 Å². The number of H-pyrrole nitrogens is 1. The van der Waals surface area contributed by atoms with Crippen LogP contribution in [0.3, 0.4) is 0 Å². The molecule has 0 aliphatic heterocycles. The molecule has 0 bridgehead atoms. The van der Waals surface area contributed by atoms with E-state index < -0.39 is 11.2 Å². The Hall–Kier alpha value is -2.26. The van der Waals surface area contributed by atoms with Crippen LogP contribution in [0.25, 0.3) is 0 Å². The molecule has 152 valence electrons. The molecule has 0 saturated carbocycles. The molecule has 0 amide bonds. The van der Waals surface area contributed by atoms with Crippen LogP contribution in [-0.2, 0) is 6.54 Å². The summed E-state index contributed by atoms with van der Waals surface area (Å²) in [6, 6.07) is 9.48. The number of rotatable bonds is 9. The molecule has 1 aromatic heterocycles. The summed E-state index contributed by atoms with van der Waals surface area (Å²) in [7, 11) is 0. The molecule has 0 unspecified atom stereocenters. The van der Waals surface area contributed by atoms with Gasteiger partial charge in [-0.2, -0.15) is 11.8 Å². The van der Waals surface area contributed by atoms with Gasteiger partial charge in [-0.3, -0.25) is 14.3 Å². The number of aromatic amines is 1. The summed E-state index contributed by atoms with van der Waals surface area (Å²) in [5.74, 6) is 1.13. The first kappa shape index (κ1) is 22.0. The lowest BCUT2D eigenvalue weighted by molar-refractivity contribution is 0.726. The lowest BCUT2D eigenvalue weighted by Crippen LogP contribution is -2.46. The fraction of sp³-hybridized carbons (Fsp3) is 0.421. The second-order valence-electron chi connectivity index (χ2n) is 6.29. The van der Waals surface area contributed by atoms with Crippen LogP contribution in [0.5, 0.6) is 0 Å². The number of nitrogen functional groups attached to an aromatic ring is 1. The number of hydrogen-bond acceptors (Lipinski definition) is 5. The Labute approximate surface area is 174 Å². The normalized spacial score (nSPS) is 10.6. The highest BCUT2D eigenvalue weighted by atomic mass is 32.2. The molecule has 0 saturated heterocycles. The zero-order valence-corrected chi connectivity index (χ0v) is 17.9. The Morgan fingerprint density at radius 3 is 2.68 bits per heavy atom. The molecule has 0 fully saturated rings. The quantitative estimate of drug-likeness (QED) is 0.421. The largest absolute Gasteiger partial charge is 0.383 e. The standard InChI is InChI=1S/C19H27N5O2S2/c1-3-11-23(19(27)21-10-7-12-28-2)15-16(20)24(18(26)22-17(15)25)13-14-8-5-4-6-9-14/h4-6,8-9H,3,7,10-13,20H2,1-2H3,(H,21,27)(H,22,25,26). The van der Waals surface area contributed by atoms with E-state index in [1.54, 1.807) is 16.7 Å². The number of anilines is 2. The summed E-state index contributed by atoms with van der Waals surface area (Å²) in [5, 5.41) is 3.62. The van der Waals surface area contributed by atoms with E-state index in [0.29, 0.717) is 18.2 Å². The van der Waals surface area contributed by atoms with Crippen LogP contribution < -0.4 is 27.2 Å². The molecule has 7 nitrogen and oxygen atoms in total. The van der Waals surface area contributed by atoms with Crippen LogP contribution >= 0.6 is 24.0 Å². The van der Waals surface area contributed by atoms with Crippen molar-refractivity contribution in [2.45, 2.75) is 26.3 Å². The highest BCUT2D eigenvalue weighted by Crippen LogP contribution is 2.18. The second-order valence-corrected chi connectivity index (χ2v) is 7.67. The lowest BCUT2D eigenvalue weighted by atomic mass is 10.2.